The molecule has 1 atom stereocenters. The normalized spacial score (nSPS) is 15.2. The Labute approximate surface area is 233 Å². The van der Waals surface area contributed by atoms with Gasteiger partial charge in [0, 0.05) is 27.5 Å². The van der Waals surface area contributed by atoms with Crippen molar-refractivity contribution in [1.82, 2.24) is 5.32 Å². The minimum Gasteiger partial charge on any atom is -0.353 e. The van der Waals surface area contributed by atoms with Crippen molar-refractivity contribution in [2.45, 2.75) is 19.8 Å². The van der Waals surface area contributed by atoms with Crippen LogP contribution in [0.4, 0.5) is 11.4 Å². The highest BCUT2D eigenvalue weighted by Crippen LogP contribution is 2.42. The van der Waals surface area contributed by atoms with Gasteiger partial charge in [0.15, 0.2) is 0 Å². The van der Waals surface area contributed by atoms with Gasteiger partial charge in [-0.05, 0) is 55.1 Å². The van der Waals surface area contributed by atoms with E-state index in [1.54, 1.807) is 25.1 Å². The van der Waals surface area contributed by atoms with Crippen LogP contribution in [0.2, 0.25) is 10.0 Å². The average Bonchev–Trinajstić information content (AvgIpc) is 3.40. The lowest BCUT2D eigenvalue weighted by atomic mass is 9.86. The van der Waals surface area contributed by atoms with E-state index in [4.69, 9.17) is 23.2 Å². The van der Waals surface area contributed by atoms with Crippen LogP contribution in [0.3, 0.4) is 0 Å². The number of benzene rings is 2. The van der Waals surface area contributed by atoms with Gasteiger partial charge in [-0.3, -0.25) is 9.59 Å². The van der Waals surface area contributed by atoms with E-state index in [1.165, 1.54) is 23.1 Å². The average molecular weight is 570 g/mol. The molecule has 6 nitrogen and oxygen atoms in total. The number of allylic oxidation sites excluding steroid dienone is 2. The van der Waals surface area contributed by atoms with Gasteiger partial charge in [0.2, 0.25) is 5.91 Å². The summed E-state index contributed by atoms with van der Waals surface area (Å²) in [7, 11) is 0. The molecule has 2 aromatic carbocycles. The quantitative estimate of drug-likeness (QED) is 0.283. The summed E-state index contributed by atoms with van der Waals surface area (Å²) >= 11 is 14.7. The smallest absolute Gasteiger partial charge is 0.254 e. The Balaban J connectivity index is 1.58. The van der Waals surface area contributed by atoms with Crippen LogP contribution in [-0.2, 0) is 9.59 Å². The van der Waals surface area contributed by atoms with Gasteiger partial charge < -0.3 is 16.0 Å². The molecule has 188 valence electrons. The number of anilines is 2. The second-order valence-electron chi connectivity index (χ2n) is 8.20. The van der Waals surface area contributed by atoms with Gasteiger partial charge in [-0.15, -0.1) is 11.3 Å². The summed E-state index contributed by atoms with van der Waals surface area (Å²) in [5.74, 6) is -1.07. The van der Waals surface area contributed by atoms with Crippen molar-refractivity contribution in [2.75, 3.05) is 16.4 Å². The summed E-state index contributed by atoms with van der Waals surface area (Å²) in [4.78, 5) is 27.0. The van der Waals surface area contributed by atoms with Crippen molar-refractivity contribution >= 4 is 69.5 Å². The zero-order valence-electron chi connectivity index (χ0n) is 19.9. The number of amides is 2. The second-order valence-corrected chi connectivity index (χ2v) is 11.0. The van der Waals surface area contributed by atoms with Gasteiger partial charge in [-0.2, -0.15) is 5.26 Å². The predicted molar refractivity (Wildman–Crippen MR) is 153 cm³/mol. The molecule has 1 aliphatic rings. The van der Waals surface area contributed by atoms with Gasteiger partial charge in [0.25, 0.3) is 5.91 Å². The number of rotatable bonds is 7. The van der Waals surface area contributed by atoms with Crippen LogP contribution < -0.4 is 16.0 Å². The van der Waals surface area contributed by atoms with E-state index in [0.29, 0.717) is 43.3 Å². The van der Waals surface area contributed by atoms with Crippen LogP contribution in [0.25, 0.3) is 0 Å². The molecular weight excluding hydrogens is 547 g/mol. The number of thiophene rings is 1. The number of carbonyl (C=O) groups excluding carboxylic acids is 2. The van der Waals surface area contributed by atoms with Crippen LogP contribution in [0.1, 0.15) is 23.3 Å². The van der Waals surface area contributed by atoms with Crippen LogP contribution in [-0.4, -0.2) is 17.6 Å². The maximum atomic E-state index is 13.5. The van der Waals surface area contributed by atoms with Gasteiger partial charge in [0.05, 0.1) is 38.4 Å². The SMILES string of the molecule is CC1=C(C(=O)Nc2ccccc2C)[C@@H](c2cccs2)C(C#N)=C(SCC(=O)Nc2ccc(Cl)c(Cl)c2)N1. The van der Waals surface area contributed by atoms with Crippen LogP contribution in [0, 0.1) is 18.3 Å². The van der Waals surface area contributed by atoms with Crippen molar-refractivity contribution in [3.8, 4) is 6.07 Å². The van der Waals surface area contributed by atoms with E-state index in [-0.39, 0.29) is 17.6 Å². The minimum atomic E-state index is -0.559. The Bertz CT molecular complexity index is 1460. The number of nitrogens with one attached hydrogen (secondary N) is 3. The summed E-state index contributed by atoms with van der Waals surface area (Å²) in [6, 6.07) is 18.5. The molecule has 3 aromatic rings. The molecule has 2 amide bonds. The summed E-state index contributed by atoms with van der Waals surface area (Å²) in [6.45, 7) is 3.73. The molecule has 0 radical (unpaired) electrons. The fraction of sp³-hybridized carbons (Fsp3) is 0.148. The monoisotopic (exact) mass is 568 g/mol. The van der Waals surface area contributed by atoms with Gasteiger partial charge in [0.1, 0.15) is 0 Å². The number of dihydropyridines is 1. The Morgan fingerprint density at radius 1 is 1.08 bits per heavy atom. The zero-order chi connectivity index (χ0) is 26.5. The Morgan fingerprint density at radius 2 is 1.86 bits per heavy atom. The second kappa shape index (κ2) is 11.9. The van der Waals surface area contributed by atoms with Crippen LogP contribution >= 0.6 is 46.3 Å². The molecule has 1 aromatic heterocycles. The first-order valence-electron chi connectivity index (χ1n) is 11.2. The highest BCUT2D eigenvalue weighted by Gasteiger charge is 2.35. The number of nitriles is 1. The Kier molecular flexibility index (Phi) is 8.62. The molecule has 3 N–H and O–H groups in total. The van der Waals surface area contributed by atoms with Gasteiger partial charge >= 0.3 is 0 Å². The molecule has 0 saturated heterocycles. The third-order valence-corrected chi connectivity index (χ3v) is 8.36. The molecule has 0 saturated carbocycles. The first-order valence-corrected chi connectivity index (χ1v) is 13.8. The zero-order valence-corrected chi connectivity index (χ0v) is 23.0. The first-order chi connectivity index (χ1) is 17.8. The third-order valence-electron chi connectivity index (χ3n) is 5.66. The maximum Gasteiger partial charge on any atom is 0.254 e. The number of hydrogen-bond donors (Lipinski definition) is 3. The molecule has 4 rings (SSSR count). The summed E-state index contributed by atoms with van der Waals surface area (Å²) in [5.41, 5.74) is 3.64. The van der Waals surface area contributed by atoms with Gasteiger partial charge in [-0.1, -0.05) is 59.2 Å². The lowest BCUT2D eigenvalue weighted by Crippen LogP contribution is -2.31. The van der Waals surface area contributed by atoms with E-state index in [9.17, 15) is 14.9 Å². The number of thioether (sulfide) groups is 1. The van der Waals surface area contributed by atoms with Crippen LogP contribution in [0.15, 0.2) is 81.8 Å². The minimum absolute atomic E-state index is 0.0446. The number of hydrogen-bond acceptors (Lipinski definition) is 6. The molecule has 0 unspecified atom stereocenters. The fourth-order valence-electron chi connectivity index (χ4n) is 3.88. The van der Waals surface area contributed by atoms with E-state index < -0.39 is 5.92 Å². The van der Waals surface area contributed by atoms with Gasteiger partial charge in [-0.25, -0.2) is 0 Å². The molecule has 0 spiro atoms. The number of nitrogens with zero attached hydrogens (tertiary/aromatic N) is 1. The lowest BCUT2D eigenvalue weighted by Gasteiger charge is -2.29. The summed E-state index contributed by atoms with van der Waals surface area (Å²) in [5, 5.41) is 22.3. The lowest BCUT2D eigenvalue weighted by molar-refractivity contribution is -0.114. The van der Waals surface area contributed by atoms with E-state index in [0.717, 1.165) is 10.4 Å². The Morgan fingerprint density at radius 3 is 2.54 bits per heavy atom. The van der Waals surface area contributed by atoms with E-state index in [2.05, 4.69) is 22.0 Å². The van der Waals surface area contributed by atoms with E-state index in [1.807, 2.05) is 48.7 Å². The van der Waals surface area contributed by atoms with Crippen LogP contribution in [0.5, 0.6) is 0 Å². The Hall–Kier alpha value is -3.22. The highest BCUT2D eigenvalue weighted by atomic mass is 35.5. The standard InChI is InChI=1S/C27H22Cl2N4O2S2/c1-15-6-3-4-7-21(15)33-26(35)24-16(2)31-27(18(13-30)25(24)22-8-5-11-36-22)37-14-23(34)32-17-9-10-19(28)20(29)12-17/h3-12,25,31H,14H2,1-2H3,(H,32,34)(H,33,35)/t25-/m1/s1. The molecule has 0 fully saturated rings. The van der Waals surface area contributed by atoms with Crippen molar-refractivity contribution in [1.29, 1.82) is 5.26 Å². The fourth-order valence-corrected chi connectivity index (χ4v) is 5.91. The summed E-state index contributed by atoms with van der Waals surface area (Å²) < 4.78 is 0. The van der Waals surface area contributed by atoms with Crippen molar-refractivity contribution in [2.24, 2.45) is 0 Å². The molecule has 10 heteroatoms. The molecule has 0 bridgehead atoms. The highest BCUT2D eigenvalue weighted by molar-refractivity contribution is 8.03. The molecule has 37 heavy (non-hydrogen) atoms. The summed E-state index contributed by atoms with van der Waals surface area (Å²) in [6.07, 6.45) is 0. The van der Waals surface area contributed by atoms with Crippen molar-refractivity contribution in [3.63, 3.8) is 0 Å². The third kappa shape index (κ3) is 6.20. The molecule has 0 aliphatic carbocycles. The van der Waals surface area contributed by atoms with Crippen molar-refractivity contribution in [3.05, 3.63) is 102 Å². The number of halogens is 2. The first kappa shape index (κ1) is 26.8. The molecule has 1 aliphatic heterocycles. The molecular formula is C27H22Cl2N4O2S2. The maximum absolute atomic E-state index is 13.5. The number of para-hydroxylation sites is 1. The molecule has 2 heterocycles. The predicted octanol–water partition coefficient (Wildman–Crippen LogP) is 7.07. The number of carbonyl (C=O) groups is 2. The van der Waals surface area contributed by atoms with Crippen molar-refractivity contribution < 1.29 is 9.59 Å². The van der Waals surface area contributed by atoms with E-state index >= 15 is 0 Å². The largest absolute Gasteiger partial charge is 0.353 e. The number of aryl methyl sites for hydroxylation is 1. The topological polar surface area (TPSA) is 94.0 Å².